The summed E-state index contributed by atoms with van der Waals surface area (Å²) in [6.45, 7) is 0. The third-order valence-corrected chi connectivity index (χ3v) is 2.84. The normalized spacial score (nSPS) is 32.5. The largest absolute Gasteiger partial charge is 0.482 e. The summed E-state index contributed by atoms with van der Waals surface area (Å²) in [5.74, 6) is 0.642. The van der Waals surface area contributed by atoms with Crippen LogP contribution in [0.5, 0.6) is 0 Å². The number of fused-ring (bicyclic) bond motifs is 2. The topological polar surface area (TPSA) is 21.3 Å². The molecule has 1 saturated heterocycles. The molecular weight excluding hydrogens is 193 g/mol. The van der Waals surface area contributed by atoms with Gasteiger partial charge in [0.15, 0.2) is 0 Å². The van der Waals surface area contributed by atoms with E-state index in [1.807, 2.05) is 6.08 Å². The van der Waals surface area contributed by atoms with E-state index < -0.39 is 0 Å². The first kappa shape index (κ1) is 8.77. The van der Waals surface area contributed by atoms with Crippen molar-refractivity contribution < 1.29 is 9.13 Å². The van der Waals surface area contributed by atoms with Crippen molar-refractivity contribution in [2.75, 3.05) is 0 Å². The highest BCUT2D eigenvalue weighted by molar-refractivity contribution is 5.36. The van der Waals surface area contributed by atoms with E-state index in [4.69, 9.17) is 4.74 Å². The summed E-state index contributed by atoms with van der Waals surface area (Å²) in [7, 11) is 0. The minimum atomic E-state index is -0.220. The first-order valence-electron chi connectivity index (χ1n) is 5.22. The molecule has 2 aliphatic carbocycles. The van der Waals surface area contributed by atoms with Crippen LogP contribution in [0.4, 0.5) is 4.39 Å². The van der Waals surface area contributed by atoms with Crippen LogP contribution >= 0.6 is 0 Å². The molecule has 0 spiro atoms. The van der Waals surface area contributed by atoms with Crippen LogP contribution in [0.3, 0.4) is 0 Å². The Kier molecular flexibility index (Phi) is 1.91. The fraction of sp³-hybridized carbons (Fsp3) is 0.333. The van der Waals surface area contributed by atoms with E-state index in [1.165, 1.54) is 12.2 Å². The fourth-order valence-electron chi connectivity index (χ4n) is 2.08. The lowest BCUT2D eigenvalue weighted by Gasteiger charge is -2.36. The molecule has 0 saturated carbocycles. The zero-order valence-corrected chi connectivity index (χ0v) is 8.24. The molecule has 0 aromatic carbocycles. The molecule has 3 rings (SSSR count). The van der Waals surface area contributed by atoms with Gasteiger partial charge in [-0.15, -0.1) is 0 Å². The Balaban J connectivity index is 1.89. The van der Waals surface area contributed by atoms with Gasteiger partial charge in [0.1, 0.15) is 17.7 Å². The van der Waals surface area contributed by atoms with Gasteiger partial charge < -0.3 is 10.1 Å². The lowest BCUT2D eigenvalue weighted by atomic mass is 10.00. The Hall–Kier alpha value is -1.51. The molecule has 2 unspecified atom stereocenters. The number of hydrogen-bond acceptors (Lipinski definition) is 2. The highest BCUT2D eigenvalue weighted by atomic mass is 19.1. The summed E-state index contributed by atoms with van der Waals surface area (Å²) in [6.07, 6.45) is 10.8. The predicted molar refractivity (Wildman–Crippen MR) is 55.5 cm³/mol. The van der Waals surface area contributed by atoms with Gasteiger partial charge in [-0.1, -0.05) is 12.2 Å². The molecule has 1 aliphatic heterocycles. The van der Waals surface area contributed by atoms with E-state index in [1.54, 1.807) is 0 Å². The minimum Gasteiger partial charge on any atom is -0.482 e. The molecule has 2 atom stereocenters. The van der Waals surface area contributed by atoms with Crippen LogP contribution in [-0.4, -0.2) is 12.1 Å². The molecule has 3 heteroatoms. The number of nitrogens with one attached hydrogen (secondary N) is 1. The smallest absolute Gasteiger partial charge is 0.144 e. The van der Waals surface area contributed by atoms with Crippen LogP contribution < -0.4 is 5.32 Å². The maximum atomic E-state index is 13.0. The molecule has 0 aromatic rings. The highest BCUT2D eigenvalue weighted by Gasteiger charge is 2.30. The Morgan fingerprint density at radius 1 is 1.33 bits per heavy atom. The summed E-state index contributed by atoms with van der Waals surface area (Å²) in [5.41, 5.74) is 1.04. The molecule has 3 aliphatic rings. The van der Waals surface area contributed by atoms with Gasteiger partial charge in [-0.05, 0) is 31.1 Å². The van der Waals surface area contributed by atoms with E-state index in [2.05, 4.69) is 17.5 Å². The van der Waals surface area contributed by atoms with Gasteiger partial charge in [0.25, 0.3) is 0 Å². The third-order valence-electron chi connectivity index (χ3n) is 2.84. The Morgan fingerprint density at radius 3 is 3.13 bits per heavy atom. The molecule has 78 valence electrons. The van der Waals surface area contributed by atoms with E-state index in [0.29, 0.717) is 0 Å². The standard InChI is InChI=1S/C12H12FNO/c13-8-5-6-10-12(7-8)15-11-4-2-1-3-9(11)14-10/h3-7,10,12,14H,1-2H2. The number of rotatable bonds is 0. The predicted octanol–water partition coefficient (Wildman–Crippen LogP) is 2.33. The lowest BCUT2D eigenvalue weighted by Crippen LogP contribution is -2.45. The van der Waals surface area contributed by atoms with Gasteiger partial charge in [-0.25, -0.2) is 4.39 Å². The van der Waals surface area contributed by atoms with Crippen LogP contribution in [0, 0.1) is 0 Å². The van der Waals surface area contributed by atoms with Gasteiger partial charge in [0, 0.05) is 0 Å². The Morgan fingerprint density at radius 2 is 2.20 bits per heavy atom. The molecular formula is C12H12FNO. The maximum Gasteiger partial charge on any atom is 0.144 e. The molecule has 0 radical (unpaired) electrons. The molecule has 0 amide bonds. The van der Waals surface area contributed by atoms with Crippen molar-refractivity contribution >= 4 is 0 Å². The summed E-state index contributed by atoms with van der Waals surface area (Å²) in [4.78, 5) is 0. The summed E-state index contributed by atoms with van der Waals surface area (Å²) >= 11 is 0. The number of morpholine rings is 1. The van der Waals surface area contributed by atoms with Gasteiger partial charge in [-0.3, -0.25) is 0 Å². The number of allylic oxidation sites excluding steroid dienone is 4. The second kappa shape index (κ2) is 3.26. The van der Waals surface area contributed by atoms with E-state index in [0.717, 1.165) is 24.3 Å². The van der Waals surface area contributed by atoms with Crippen LogP contribution in [0.15, 0.2) is 47.7 Å². The number of ether oxygens (including phenoxy) is 1. The molecule has 0 aromatic heterocycles. The van der Waals surface area contributed by atoms with E-state index in [-0.39, 0.29) is 18.0 Å². The second-order valence-electron chi connectivity index (χ2n) is 3.93. The van der Waals surface area contributed by atoms with Crippen molar-refractivity contribution in [1.82, 2.24) is 5.32 Å². The van der Waals surface area contributed by atoms with Crippen molar-refractivity contribution in [3.05, 3.63) is 47.7 Å². The number of hydrogen-bond donors (Lipinski definition) is 1. The van der Waals surface area contributed by atoms with E-state index >= 15 is 0 Å². The third kappa shape index (κ3) is 1.48. The zero-order valence-electron chi connectivity index (χ0n) is 8.24. The summed E-state index contributed by atoms with van der Waals surface area (Å²) < 4.78 is 18.7. The Labute approximate surface area is 87.8 Å². The average molecular weight is 205 g/mol. The van der Waals surface area contributed by atoms with Crippen LogP contribution in [0.1, 0.15) is 12.8 Å². The van der Waals surface area contributed by atoms with Crippen LogP contribution in [-0.2, 0) is 4.74 Å². The van der Waals surface area contributed by atoms with Crippen molar-refractivity contribution in [2.24, 2.45) is 0 Å². The minimum absolute atomic E-state index is 0.0611. The molecule has 15 heavy (non-hydrogen) atoms. The molecule has 1 fully saturated rings. The quantitative estimate of drug-likeness (QED) is 0.655. The zero-order chi connectivity index (χ0) is 10.3. The van der Waals surface area contributed by atoms with Crippen molar-refractivity contribution in [1.29, 1.82) is 0 Å². The second-order valence-corrected chi connectivity index (χ2v) is 3.93. The van der Waals surface area contributed by atoms with Gasteiger partial charge in [0.05, 0.1) is 11.7 Å². The monoisotopic (exact) mass is 205 g/mol. The van der Waals surface area contributed by atoms with Crippen LogP contribution in [0.2, 0.25) is 0 Å². The van der Waals surface area contributed by atoms with Gasteiger partial charge in [0.2, 0.25) is 0 Å². The fourth-order valence-corrected chi connectivity index (χ4v) is 2.08. The first-order valence-corrected chi connectivity index (χ1v) is 5.22. The molecule has 2 nitrogen and oxygen atoms in total. The Bertz CT molecular complexity index is 406. The lowest BCUT2D eigenvalue weighted by molar-refractivity contribution is 0.110. The van der Waals surface area contributed by atoms with E-state index in [9.17, 15) is 4.39 Å². The summed E-state index contributed by atoms with van der Waals surface area (Å²) in [6, 6.07) is 0.0611. The molecule has 1 N–H and O–H groups in total. The van der Waals surface area contributed by atoms with Crippen molar-refractivity contribution in [3.8, 4) is 0 Å². The SMILES string of the molecule is FC1=CC2OC3=CCCC=C3NC2C=C1. The highest BCUT2D eigenvalue weighted by Crippen LogP contribution is 2.29. The molecule has 1 heterocycles. The summed E-state index contributed by atoms with van der Waals surface area (Å²) in [5, 5.41) is 3.35. The molecule has 0 bridgehead atoms. The van der Waals surface area contributed by atoms with Gasteiger partial charge >= 0.3 is 0 Å². The number of halogens is 1. The first-order chi connectivity index (χ1) is 7.33. The van der Waals surface area contributed by atoms with Crippen molar-refractivity contribution in [2.45, 2.75) is 25.0 Å². The van der Waals surface area contributed by atoms with Crippen LogP contribution in [0.25, 0.3) is 0 Å². The van der Waals surface area contributed by atoms with Crippen molar-refractivity contribution in [3.63, 3.8) is 0 Å². The average Bonchev–Trinajstić information content (AvgIpc) is 2.26. The maximum absolute atomic E-state index is 13.0. The van der Waals surface area contributed by atoms with Gasteiger partial charge in [-0.2, -0.15) is 0 Å².